The van der Waals surface area contributed by atoms with Crippen molar-refractivity contribution in [1.82, 2.24) is 9.55 Å². The normalized spacial score (nSPS) is 12.6. The first-order valence-electron chi connectivity index (χ1n) is 10.5. The Morgan fingerprint density at radius 1 is 1.09 bits per heavy atom. The quantitative estimate of drug-likeness (QED) is 0.401. The highest BCUT2D eigenvalue weighted by Gasteiger charge is 2.31. The summed E-state index contributed by atoms with van der Waals surface area (Å²) in [5.74, 6) is -1.14. The zero-order valence-electron chi connectivity index (χ0n) is 18.1. The van der Waals surface area contributed by atoms with Crippen LogP contribution in [0.4, 0.5) is 23.2 Å². The number of hydrogen-bond acceptors (Lipinski definition) is 3. The summed E-state index contributed by atoms with van der Waals surface area (Å²) in [6.45, 7) is 0.0609. The first kappa shape index (κ1) is 23.4. The molecular formula is C25H21F4N3O2. The topological polar surface area (TPSA) is 58.4 Å². The molecule has 2 aromatic heterocycles. The van der Waals surface area contributed by atoms with Crippen molar-refractivity contribution in [3.05, 3.63) is 95.7 Å². The van der Waals surface area contributed by atoms with Crippen LogP contribution in [0.25, 0.3) is 10.9 Å². The van der Waals surface area contributed by atoms with Gasteiger partial charge >= 0.3 is 6.18 Å². The van der Waals surface area contributed by atoms with E-state index in [1.165, 1.54) is 23.1 Å². The summed E-state index contributed by atoms with van der Waals surface area (Å²) in [5.41, 5.74) is 1.10. The Labute approximate surface area is 192 Å². The predicted octanol–water partition coefficient (Wildman–Crippen LogP) is 5.04. The van der Waals surface area contributed by atoms with Crippen molar-refractivity contribution < 1.29 is 27.5 Å². The Morgan fingerprint density at radius 3 is 2.47 bits per heavy atom. The molecule has 0 fully saturated rings. The lowest BCUT2D eigenvalue weighted by Gasteiger charge is -2.26. The number of anilines is 1. The standard InChI is InChI=1S/C25H21F4N3O2/c1-31-12-10-16-4-9-21(14-22(16)31)32(24(34)23(33)17-2-6-19(26)7-3-17)13-11-20-8-5-18(15-30-20)25(27,28)29/h2-10,12,14-15,23,33H,11,13H2,1H3. The monoisotopic (exact) mass is 471 g/mol. The van der Waals surface area contributed by atoms with Crippen molar-refractivity contribution >= 4 is 22.5 Å². The fraction of sp³-hybridized carbons (Fsp3) is 0.200. The summed E-state index contributed by atoms with van der Waals surface area (Å²) in [7, 11) is 1.86. The van der Waals surface area contributed by atoms with Gasteiger partial charge < -0.3 is 14.6 Å². The first-order valence-corrected chi connectivity index (χ1v) is 10.5. The number of aliphatic hydroxyl groups excluding tert-OH is 1. The van der Waals surface area contributed by atoms with Crippen LogP contribution >= 0.6 is 0 Å². The fourth-order valence-electron chi connectivity index (χ4n) is 3.69. The number of nitrogens with zero attached hydrogens (tertiary/aromatic N) is 3. The molecule has 0 aliphatic carbocycles. The van der Waals surface area contributed by atoms with Gasteiger partial charge in [-0.2, -0.15) is 13.2 Å². The number of aromatic nitrogens is 2. The molecule has 4 aromatic rings. The van der Waals surface area contributed by atoms with Crippen molar-refractivity contribution in [2.75, 3.05) is 11.4 Å². The zero-order valence-corrected chi connectivity index (χ0v) is 18.1. The van der Waals surface area contributed by atoms with Crippen LogP contribution in [-0.2, 0) is 24.4 Å². The first-order chi connectivity index (χ1) is 16.1. The highest BCUT2D eigenvalue weighted by atomic mass is 19.4. The maximum absolute atomic E-state index is 13.3. The van der Waals surface area contributed by atoms with Crippen LogP contribution in [0.3, 0.4) is 0 Å². The Hall–Kier alpha value is -3.72. The van der Waals surface area contributed by atoms with Gasteiger partial charge in [0.15, 0.2) is 6.10 Å². The van der Waals surface area contributed by atoms with Crippen LogP contribution in [0.2, 0.25) is 0 Å². The SMILES string of the molecule is Cn1ccc2ccc(N(CCc3ccc(C(F)(F)F)cn3)C(=O)C(O)c3ccc(F)cc3)cc21. The van der Waals surface area contributed by atoms with Crippen LogP contribution in [0.5, 0.6) is 0 Å². The molecule has 0 spiro atoms. The number of carbonyl (C=O) groups excluding carboxylic acids is 1. The van der Waals surface area contributed by atoms with Gasteiger partial charge in [-0.25, -0.2) is 4.39 Å². The largest absolute Gasteiger partial charge is 0.417 e. The lowest BCUT2D eigenvalue weighted by Crippen LogP contribution is -2.37. The molecule has 1 amide bonds. The Balaban J connectivity index is 1.63. The number of pyridine rings is 1. The summed E-state index contributed by atoms with van der Waals surface area (Å²) in [6, 6.07) is 14.5. The number of benzene rings is 2. The molecule has 1 atom stereocenters. The molecule has 1 N–H and O–H groups in total. The zero-order chi connectivity index (χ0) is 24.5. The van der Waals surface area contributed by atoms with E-state index in [-0.39, 0.29) is 18.5 Å². The fourth-order valence-corrected chi connectivity index (χ4v) is 3.69. The number of halogens is 4. The number of rotatable bonds is 6. The maximum atomic E-state index is 13.3. The second-order valence-corrected chi connectivity index (χ2v) is 7.90. The van der Waals surface area contributed by atoms with Gasteiger partial charge in [0.1, 0.15) is 5.82 Å². The molecule has 0 aliphatic heterocycles. The molecule has 1 unspecified atom stereocenters. The molecule has 176 valence electrons. The predicted molar refractivity (Wildman–Crippen MR) is 120 cm³/mol. The Morgan fingerprint density at radius 2 is 1.82 bits per heavy atom. The van der Waals surface area contributed by atoms with E-state index >= 15 is 0 Å². The molecular weight excluding hydrogens is 450 g/mol. The second-order valence-electron chi connectivity index (χ2n) is 7.90. The molecule has 2 heterocycles. The summed E-state index contributed by atoms with van der Waals surface area (Å²) in [4.78, 5) is 18.5. The number of amides is 1. The lowest BCUT2D eigenvalue weighted by atomic mass is 10.1. The van der Waals surface area contributed by atoms with Gasteiger partial charge in [0.2, 0.25) is 0 Å². The number of carbonyl (C=O) groups is 1. The van der Waals surface area contributed by atoms with Crippen molar-refractivity contribution in [1.29, 1.82) is 0 Å². The van der Waals surface area contributed by atoms with E-state index < -0.39 is 29.6 Å². The summed E-state index contributed by atoms with van der Waals surface area (Å²) in [5, 5.41) is 11.7. The van der Waals surface area contributed by atoms with Crippen molar-refractivity contribution in [3.63, 3.8) is 0 Å². The molecule has 0 radical (unpaired) electrons. The third-order valence-corrected chi connectivity index (χ3v) is 5.61. The molecule has 4 rings (SSSR count). The van der Waals surface area contributed by atoms with Crippen LogP contribution in [-0.4, -0.2) is 27.1 Å². The smallest absolute Gasteiger partial charge is 0.378 e. The van der Waals surface area contributed by atoms with E-state index in [0.717, 1.165) is 35.3 Å². The average Bonchev–Trinajstić information content (AvgIpc) is 3.19. The third kappa shape index (κ3) is 4.94. The van der Waals surface area contributed by atoms with Gasteiger partial charge in [-0.15, -0.1) is 0 Å². The summed E-state index contributed by atoms with van der Waals surface area (Å²) < 4.78 is 53.6. The van der Waals surface area contributed by atoms with Crippen molar-refractivity contribution in [2.24, 2.45) is 7.05 Å². The van der Waals surface area contributed by atoms with E-state index in [0.29, 0.717) is 11.4 Å². The molecule has 0 aliphatic rings. The van der Waals surface area contributed by atoms with Gasteiger partial charge in [0.25, 0.3) is 5.91 Å². The molecule has 2 aromatic carbocycles. The number of fused-ring (bicyclic) bond motifs is 1. The third-order valence-electron chi connectivity index (χ3n) is 5.61. The molecule has 0 bridgehead atoms. The van der Waals surface area contributed by atoms with E-state index in [4.69, 9.17) is 0 Å². The highest BCUT2D eigenvalue weighted by molar-refractivity contribution is 5.98. The van der Waals surface area contributed by atoms with E-state index in [2.05, 4.69) is 4.98 Å². The average molecular weight is 471 g/mol. The van der Waals surface area contributed by atoms with Crippen molar-refractivity contribution in [2.45, 2.75) is 18.7 Å². The summed E-state index contributed by atoms with van der Waals surface area (Å²) in [6.07, 6.45) is -3.25. The molecule has 34 heavy (non-hydrogen) atoms. The number of alkyl halides is 3. The van der Waals surface area contributed by atoms with Crippen LogP contribution < -0.4 is 4.90 Å². The van der Waals surface area contributed by atoms with Crippen LogP contribution in [0.15, 0.2) is 73.1 Å². The molecule has 9 heteroatoms. The number of aliphatic hydroxyl groups is 1. The minimum atomic E-state index is -4.49. The minimum Gasteiger partial charge on any atom is -0.378 e. The second kappa shape index (κ2) is 9.26. The van der Waals surface area contributed by atoms with Gasteiger partial charge in [-0.05, 0) is 53.4 Å². The molecule has 0 saturated heterocycles. The maximum Gasteiger partial charge on any atom is 0.417 e. The highest BCUT2D eigenvalue weighted by Crippen LogP contribution is 2.29. The number of aryl methyl sites for hydroxylation is 1. The minimum absolute atomic E-state index is 0.0609. The van der Waals surface area contributed by atoms with Gasteiger partial charge in [-0.3, -0.25) is 9.78 Å². The van der Waals surface area contributed by atoms with Gasteiger partial charge in [-0.1, -0.05) is 18.2 Å². The van der Waals surface area contributed by atoms with Gasteiger partial charge in [0.05, 0.1) is 5.56 Å². The van der Waals surface area contributed by atoms with Gasteiger partial charge in [0, 0.05) is 49.3 Å². The van der Waals surface area contributed by atoms with E-state index in [1.54, 1.807) is 12.1 Å². The Kier molecular flexibility index (Phi) is 6.39. The summed E-state index contributed by atoms with van der Waals surface area (Å²) >= 11 is 0. The van der Waals surface area contributed by atoms with Crippen LogP contribution in [0.1, 0.15) is 22.9 Å². The lowest BCUT2D eigenvalue weighted by molar-refractivity contribution is -0.137. The van der Waals surface area contributed by atoms with E-state index in [9.17, 15) is 27.5 Å². The molecule has 0 saturated carbocycles. The Bertz CT molecular complexity index is 1300. The molecule has 5 nitrogen and oxygen atoms in total. The van der Waals surface area contributed by atoms with E-state index in [1.807, 2.05) is 29.9 Å². The van der Waals surface area contributed by atoms with Crippen LogP contribution in [0, 0.1) is 5.82 Å². The van der Waals surface area contributed by atoms with Crippen molar-refractivity contribution in [3.8, 4) is 0 Å². The number of hydrogen-bond donors (Lipinski definition) is 1.